The first-order valence-electron chi connectivity index (χ1n) is 6.18. The molecule has 0 aliphatic heterocycles. The zero-order chi connectivity index (χ0) is 13.5. The van der Waals surface area contributed by atoms with Gasteiger partial charge in [-0.2, -0.15) is 0 Å². The van der Waals surface area contributed by atoms with Crippen molar-refractivity contribution in [3.63, 3.8) is 0 Å². The number of amides is 1. The lowest BCUT2D eigenvalue weighted by Gasteiger charge is -2.18. The van der Waals surface area contributed by atoms with Gasteiger partial charge in [-0.3, -0.25) is 4.79 Å². The Hall–Kier alpha value is -1.53. The van der Waals surface area contributed by atoms with Crippen LogP contribution in [0.1, 0.15) is 19.3 Å². The van der Waals surface area contributed by atoms with E-state index < -0.39 is 11.4 Å². The summed E-state index contributed by atoms with van der Waals surface area (Å²) >= 11 is 1.53. The molecule has 1 fully saturated rings. The molecule has 5 nitrogen and oxygen atoms in total. The van der Waals surface area contributed by atoms with Crippen molar-refractivity contribution in [3.8, 4) is 0 Å². The third kappa shape index (κ3) is 2.33. The van der Waals surface area contributed by atoms with Crippen molar-refractivity contribution in [2.75, 3.05) is 0 Å². The second kappa shape index (κ2) is 4.54. The Morgan fingerprint density at radius 1 is 1.47 bits per heavy atom. The fourth-order valence-corrected chi connectivity index (χ4v) is 3.59. The summed E-state index contributed by atoms with van der Waals surface area (Å²) < 4.78 is 5.65. The minimum Gasteiger partial charge on any atom is -0.431 e. The highest BCUT2D eigenvalue weighted by molar-refractivity contribution is 7.99. The molecule has 1 aromatic carbocycles. The Morgan fingerprint density at radius 2 is 2.26 bits per heavy atom. The van der Waals surface area contributed by atoms with Crippen LogP contribution in [0.25, 0.3) is 11.1 Å². The van der Waals surface area contributed by atoms with Gasteiger partial charge in [0.1, 0.15) is 5.52 Å². The number of para-hydroxylation sites is 2. The Bertz CT molecular complexity index is 594. The maximum atomic E-state index is 11.3. The largest absolute Gasteiger partial charge is 0.431 e. The lowest BCUT2D eigenvalue weighted by Crippen LogP contribution is -2.50. The highest BCUT2D eigenvalue weighted by Gasteiger charge is 2.41. The van der Waals surface area contributed by atoms with E-state index in [0.717, 1.165) is 17.5 Å². The van der Waals surface area contributed by atoms with Crippen molar-refractivity contribution in [1.82, 2.24) is 4.98 Å². The lowest BCUT2D eigenvalue weighted by atomic mass is 9.99. The molecule has 0 spiro atoms. The summed E-state index contributed by atoms with van der Waals surface area (Å²) in [6, 6.07) is 7.63. The molecule has 1 amide bonds. The van der Waals surface area contributed by atoms with E-state index >= 15 is 0 Å². The normalized spacial score (nSPS) is 26.9. The Labute approximate surface area is 114 Å². The predicted molar refractivity (Wildman–Crippen MR) is 73.6 cm³/mol. The van der Waals surface area contributed by atoms with Gasteiger partial charge in [0.2, 0.25) is 5.91 Å². The van der Waals surface area contributed by atoms with Crippen molar-refractivity contribution in [2.45, 2.75) is 35.3 Å². The maximum Gasteiger partial charge on any atom is 0.257 e. The van der Waals surface area contributed by atoms with Gasteiger partial charge in [0, 0.05) is 5.25 Å². The molecule has 1 aliphatic carbocycles. The van der Waals surface area contributed by atoms with Gasteiger partial charge in [0.05, 0.1) is 5.54 Å². The van der Waals surface area contributed by atoms with Crippen LogP contribution in [0.3, 0.4) is 0 Å². The molecule has 100 valence electrons. The van der Waals surface area contributed by atoms with Crippen LogP contribution in [-0.2, 0) is 4.79 Å². The quantitative estimate of drug-likeness (QED) is 0.889. The van der Waals surface area contributed by atoms with Gasteiger partial charge in [-0.05, 0) is 31.4 Å². The second-order valence-corrected chi connectivity index (χ2v) is 6.20. The summed E-state index contributed by atoms with van der Waals surface area (Å²) in [6.07, 6.45) is 2.05. The van der Waals surface area contributed by atoms with Crippen molar-refractivity contribution < 1.29 is 9.21 Å². The maximum absolute atomic E-state index is 11.3. The van der Waals surface area contributed by atoms with E-state index in [0.29, 0.717) is 18.1 Å². The molecular formula is C13H15N3O2S. The SMILES string of the molecule is NC(=O)C1(N)CCC(Sc2nc3ccccc3o2)C1. The number of nitrogens with two attached hydrogens (primary N) is 2. The Balaban J connectivity index is 1.74. The minimum atomic E-state index is -0.871. The second-order valence-electron chi connectivity index (χ2n) is 4.95. The van der Waals surface area contributed by atoms with Crippen LogP contribution in [0.2, 0.25) is 0 Å². The van der Waals surface area contributed by atoms with Crippen LogP contribution in [0, 0.1) is 0 Å². The first kappa shape index (κ1) is 12.5. The van der Waals surface area contributed by atoms with Crippen LogP contribution >= 0.6 is 11.8 Å². The van der Waals surface area contributed by atoms with Gasteiger partial charge in [-0.15, -0.1) is 0 Å². The topological polar surface area (TPSA) is 95.1 Å². The summed E-state index contributed by atoms with van der Waals surface area (Å²) in [6.45, 7) is 0. The van der Waals surface area contributed by atoms with Gasteiger partial charge >= 0.3 is 0 Å². The molecule has 1 aliphatic rings. The molecule has 4 N–H and O–H groups in total. The number of primary amides is 1. The standard InChI is InChI=1S/C13H15N3O2S/c14-11(17)13(15)6-5-8(7-13)19-12-16-9-3-1-2-4-10(9)18-12/h1-4,8H,5-7,15H2,(H2,14,17). The van der Waals surface area contributed by atoms with Crippen molar-refractivity contribution in [2.24, 2.45) is 11.5 Å². The van der Waals surface area contributed by atoms with Gasteiger partial charge in [-0.25, -0.2) is 4.98 Å². The fraction of sp³-hybridized carbons (Fsp3) is 0.385. The molecule has 1 aromatic heterocycles. The highest BCUT2D eigenvalue weighted by Crippen LogP contribution is 2.39. The molecular weight excluding hydrogens is 262 g/mol. The molecule has 2 aromatic rings. The zero-order valence-corrected chi connectivity index (χ0v) is 11.2. The van der Waals surface area contributed by atoms with Gasteiger partial charge in [0.15, 0.2) is 5.58 Å². The monoisotopic (exact) mass is 277 g/mol. The number of carbonyl (C=O) groups is 1. The van der Waals surface area contributed by atoms with E-state index in [1.54, 1.807) is 0 Å². The van der Waals surface area contributed by atoms with E-state index in [1.807, 2.05) is 24.3 Å². The number of thioether (sulfide) groups is 1. The molecule has 0 saturated heterocycles. The minimum absolute atomic E-state index is 0.227. The third-order valence-electron chi connectivity index (χ3n) is 3.54. The molecule has 19 heavy (non-hydrogen) atoms. The van der Waals surface area contributed by atoms with Gasteiger partial charge in [-0.1, -0.05) is 23.9 Å². The number of aromatic nitrogens is 1. The van der Waals surface area contributed by atoms with E-state index in [4.69, 9.17) is 15.9 Å². The van der Waals surface area contributed by atoms with E-state index in [2.05, 4.69) is 4.98 Å². The zero-order valence-electron chi connectivity index (χ0n) is 10.3. The Morgan fingerprint density at radius 3 is 2.95 bits per heavy atom. The lowest BCUT2D eigenvalue weighted by molar-refractivity contribution is -0.122. The summed E-state index contributed by atoms with van der Waals surface area (Å²) in [5.74, 6) is -0.423. The van der Waals surface area contributed by atoms with Crippen molar-refractivity contribution in [1.29, 1.82) is 0 Å². The number of rotatable bonds is 3. The number of oxazole rings is 1. The van der Waals surface area contributed by atoms with Crippen LogP contribution in [-0.4, -0.2) is 21.7 Å². The van der Waals surface area contributed by atoms with E-state index in [1.165, 1.54) is 11.8 Å². The molecule has 2 atom stereocenters. The number of hydrogen-bond donors (Lipinski definition) is 2. The molecule has 2 unspecified atom stereocenters. The van der Waals surface area contributed by atoms with E-state index in [9.17, 15) is 4.79 Å². The fourth-order valence-electron chi connectivity index (χ4n) is 2.40. The summed E-state index contributed by atoms with van der Waals surface area (Å²) in [5.41, 5.74) is 12.1. The number of hydrogen-bond acceptors (Lipinski definition) is 5. The average Bonchev–Trinajstić information content (AvgIpc) is 2.93. The van der Waals surface area contributed by atoms with Crippen molar-refractivity contribution >= 4 is 28.8 Å². The summed E-state index contributed by atoms with van der Waals surface area (Å²) in [4.78, 5) is 15.7. The molecule has 1 heterocycles. The Kier molecular flexibility index (Phi) is 2.99. The molecule has 6 heteroatoms. The van der Waals surface area contributed by atoms with Gasteiger partial charge in [0.25, 0.3) is 5.22 Å². The molecule has 0 bridgehead atoms. The van der Waals surface area contributed by atoms with E-state index in [-0.39, 0.29) is 5.25 Å². The molecule has 3 rings (SSSR count). The summed E-state index contributed by atoms with van der Waals surface area (Å²) in [7, 11) is 0. The average molecular weight is 277 g/mol. The first-order chi connectivity index (χ1) is 9.07. The first-order valence-corrected chi connectivity index (χ1v) is 7.06. The number of nitrogens with zero attached hydrogens (tertiary/aromatic N) is 1. The van der Waals surface area contributed by atoms with Crippen LogP contribution < -0.4 is 11.5 Å². The molecule has 1 saturated carbocycles. The number of benzene rings is 1. The highest BCUT2D eigenvalue weighted by atomic mass is 32.2. The van der Waals surface area contributed by atoms with Crippen LogP contribution in [0.5, 0.6) is 0 Å². The predicted octanol–water partition coefficient (Wildman–Crippen LogP) is 1.66. The van der Waals surface area contributed by atoms with Gasteiger partial charge < -0.3 is 15.9 Å². The van der Waals surface area contributed by atoms with Crippen molar-refractivity contribution in [3.05, 3.63) is 24.3 Å². The molecule has 0 radical (unpaired) electrons. The smallest absolute Gasteiger partial charge is 0.257 e. The summed E-state index contributed by atoms with van der Waals surface area (Å²) in [5, 5.41) is 0.852. The third-order valence-corrected chi connectivity index (χ3v) is 4.65. The number of carbonyl (C=O) groups excluding carboxylic acids is 1. The number of fused-ring (bicyclic) bond motifs is 1. The van der Waals surface area contributed by atoms with Crippen LogP contribution in [0.15, 0.2) is 33.9 Å². The van der Waals surface area contributed by atoms with Crippen LogP contribution in [0.4, 0.5) is 0 Å².